The van der Waals surface area contributed by atoms with Crippen LogP contribution in [0.5, 0.6) is 0 Å². The lowest BCUT2D eigenvalue weighted by Gasteiger charge is -2.16. The summed E-state index contributed by atoms with van der Waals surface area (Å²) in [6.45, 7) is 2.96. The van der Waals surface area contributed by atoms with Crippen molar-refractivity contribution >= 4 is 11.8 Å². The third-order valence-corrected chi connectivity index (χ3v) is 2.89. The van der Waals surface area contributed by atoms with E-state index in [9.17, 15) is 9.59 Å². The summed E-state index contributed by atoms with van der Waals surface area (Å²) in [5.41, 5.74) is 0.535. The Morgan fingerprint density at radius 1 is 1.53 bits per heavy atom. The number of hydrogen-bond acceptors (Lipinski definition) is 3. The number of hydrogen-bond donors (Lipinski definition) is 0. The van der Waals surface area contributed by atoms with Crippen LogP contribution < -0.4 is 0 Å². The Morgan fingerprint density at radius 3 is 2.87 bits per heavy atom. The van der Waals surface area contributed by atoms with Crippen molar-refractivity contribution in [1.82, 2.24) is 4.90 Å². The predicted molar refractivity (Wildman–Crippen MR) is 54.1 cm³/mol. The Hall–Kier alpha value is -1.16. The van der Waals surface area contributed by atoms with Gasteiger partial charge in [-0.2, -0.15) is 0 Å². The van der Waals surface area contributed by atoms with Crippen LogP contribution in [0.1, 0.15) is 26.2 Å². The van der Waals surface area contributed by atoms with E-state index in [-0.39, 0.29) is 17.9 Å². The third kappa shape index (κ3) is 2.09. The molecule has 0 bridgehead atoms. The van der Waals surface area contributed by atoms with Crippen LogP contribution in [0.4, 0.5) is 0 Å². The molecule has 0 aromatic rings. The molecular weight excluding hydrogens is 194 g/mol. The smallest absolute Gasteiger partial charge is 0.256 e. The Morgan fingerprint density at radius 2 is 2.33 bits per heavy atom. The molecular formula is C11H15NO3. The van der Waals surface area contributed by atoms with Crippen molar-refractivity contribution in [3.63, 3.8) is 0 Å². The van der Waals surface area contributed by atoms with Gasteiger partial charge in [0.05, 0.1) is 6.10 Å². The lowest BCUT2D eigenvalue weighted by atomic mass is 10.2. The van der Waals surface area contributed by atoms with Crippen LogP contribution in [0.3, 0.4) is 0 Å². The maximum absolute atomic E-state index is 11.5. The van der Waals surface area contributed by atoms with E-state index < -0.39 is 0 Å². The van der Waals surface area contributed by atoms with Crippen molar-refractivity contribution in [2.45, 2.75) is 32.3 Å². The van der Waals surface area contributed by atoms with Crippen LogP contribution in [0, 0.1) is 0 Å². The van der Waals surface area contributed by atoms with E-state index in [1.165, 1.54) is 11.0 Å². The quantitative estimate of drug-likeness (QED) is 0.648. The molecule has 0 aromatic carbocycles. The standard InChI is InChI=1S/C11H15NO3/c1-8-7-10(13)12(11(8)14)5-4-9-3-2-6-15-9/h7,9H,2-6H2,1H3. The molecule has 0 aromatic heterocycles. The lowest BCUT2D eigenvalue weighted by molar-refractivity contribution is -0.137. The molecule has 0 radical (unpaired) electrons. The summed E-state index contributed by atoms with van der Waals surface area (Å²) in [7, 11) is 0. The molecule has 82 valence electrons. The van der Waals surface area contributed by atoms with Gasteiger partial charge >= 0.3 is 0 Å². The van der Waals surface area contributed by atoms with Crippen LogP contribution in [0.15, 0.2) is 11.6 Å². The molecule has 2 aliphatic heterocycles. The van der Waals surface area contributed by atoms with Gasteiger partial charge in [0.1, 0.15) is 0 Å². The molecule has 1 atom stereocenters. The first-order valence-electron chi connectivity index (χ1n) is 5.34. The van der Waals surface area contributed by atoms with Gasteiger partial charge in [0.2, 0.25) is 0 Å². The number of imide groups is 1. The minimum absolute atomic E-state index is 0.155. The molecule has 4 nitrogen and oxygen atoms in total. The highest BCUT2D eigenvalue weighted by molar-refractivity contribution is 6.15. The van der Waals surface area contributed by atoms with Gasteiger partial charge in [-0.25, -0.2) is 0 Å². The van der Waals surface area contributed by atoms with Gasteiger partial charge in [-0.1, -0.05) is 0 Å². The van der Waals surface area contributed by atoms with E-state index in [0.29, 0.717) is 12.1 Å². The lowest BCUT2D eigenvalue weighted by Crippen LogP contribution is -2.33. The van der Waals surface area contributed by atoms with Gasteiger partial charge in [0.15, 0.2) is 0 Å². The van der Waals surface area contributed by atoms with Gasteiger partial charge in [-0.05, 0) is 26.2 Å². The first-order valence-corrected chi connectivity index (χ1v) is 5.34. The van der Waals surface area contributed by atoms with E-state index in [4.69, 9.17) is 4.74 Å². The van der Waals surface area contributed by atoms with Crippen molar-refractivity contribution in [1.29, 1.82) is 0 Å². The van der Waals surface area contributed by atoms with Gasteiger partial charge in [0.25, 0.3) is 11.8 Å². The monoisotopic (exact) mass is 209 g/mol. The fraction of sp³-hybridized carbons (Fsp3) is 0.636. The van der Waals surface area contributed by atoms with Crippen LogP contribution in [0.2, 0.25) is 0 Å². The number of carbonyl (C=O) groups excluding carboxylic acids is 2. The molecule has 2 rings (SSSR count). The fourth-order valence-electron chi connectivity index (χ4n) is 1.99. The summed E-state index contributed by atoms with van der Waals surface area (Å²) >= 11 is 0. The summed E-state index contributed by atoms with van der Waals surface area (Å²) in [5, 5.41) is 0. The average Bonchev–Trinajstić information content (AvgIpc) is 2.76. The van der Waals surface area contributed by atoms with E-state index >= 15 is 0 Å². The van der Waals surface area contributed by atoms with Crippen molar-refractivity contribution < 1.29 is 14.3 Å². The number of carbonyl (C=O) groups is 2. The molecule has 0 aliphatic carbocycles. The van der Waals surface area contributed by atoms with E-state index in [1.807, 2.05) is 0 Å². The zero-order chi connectivity index (χ0) is 10.8. The number of ether oxygens (including phenoxy) is 1. The largest absolute Gasteiger partial charge is 0.378 e. The molecule has 2 amide bonds. The maximum atomic E-state index is 11.5. The third-order valence-electron chi connectivity index (χ3n) is 2.89. The highest BCUT2D eigenvalue weighted by atomic mass is 16.5. The molecule has 4 heteroatoms. The van der Waals surface area contributed by atoms with E-state index in [0.717, 1.165) is 25.9 Å². The van der Waals surface area contributed by atoms with Crippen LogP contribution in [-0.2, 0) is 14.3 Å². The Kier molecular flexibility index (Phi) is 2.86. The molecule has 2 aliphatic rings. The zero-order valence-electron chi connectivity index (χ0n) is 8.86. The molecule has 1 fully saturated rings. The summed E-state index contributed by atoms with van der Waals surface area (Å²) in [6, 6.07) is 0. The molecule has 0 N–H and O–H groups in total. The number of rotatable bonds is 3. The summed E-state index contributed by atoms with van der Waals surface area (Å²) < 4.78 is 5.44. The van der Waals surface area contributed by atoms with Crippen LogP contribution >= 0.6 is 0 Å². The maximum Gasteiger partial charge on any atom is 0.256 e. The minimum Gasteiger partial charge on any atom is -0.378 e. The van der Waals surface area contributed by atoms with Gasteiger partial charge in [-0.3, -0.25) is 14.5 Å². The van der Waals surface area contributed by atoms with Crippen LogP contribution in [0.25, 0.3) is 0 Å². The SMILES string of the molecule is CC1=CC(=O)N(CCC2CCCO2)C1=O. The minimum atomic E-state index is -0.185. The Bertz CT molecular complexity index is 316. The zero-order valence-corrected chi connectivity index (χ0v) is 8.86. The molecule has 15 heavy (non-hydrogen) atoms. The average molecular weight is 209 g/mol. The normalized spacial score (nSPS) is 26.3. The van der Waals surface area contributed by atoms with Crippen molar-refractivity contribution in [2.24, 2.45) is 0 Å². The molecule has 1 saturated heterocycles. The first-order chi connectivity index (χ1) is 7.18. The number of amides is 2. The van der Waals surface area contributed by atoms with Crippen LogP contribution in [-0.4, -0.2) is 36.0 Å². The summed E-state index contributed by atoms with van der Waals surface area (Å²) in [5.74, 6) is -0.339. The van der Waals surface area contributed by atoms with Gasteiger partial charge < -0.3 is 4.74 Å². The predicted octanol–water partition coefficient (Wildman–Crippen LogP) is 0.871. The highest BCUT2D eigenvalue weighted by Crippen LogP contribution is 2.18. The van der Waals surface area contributed by atoms with Gasteiger partial charge in [0, 0.05) is 24.8 Å². The van der Waals surface area contributed by atoms with Crippen molar-refractivity contribution in [3.05, 3.63) is 11.6 Å². The second-order valence-electron chi connectivity index (χ2n) is 4.05. The first kappa shape index (κ1) is 10.4. The Labute approximate surface area is 88.9 Å². The second kappa shape index (κ2) is 4.14. The summed E-state index contributed by atoms with van der Waals surface area (Å²) in [4.78, 5) is 24.2. The van der Waals surface area contributed by atoms with Crippen molar-refractivity contribution in [2.75, 3.05) is 13.2 Å². The van der Waals surface area contributed by atoms with Gasteiger partial charge in [-0.15, -0.1) is 0 Å². The topological polar surface area (TPSA) is 46.6 Å². The molecule has 1 unspecified atom stereocenters. The summed E-state index contributed by atoms with van der Waals surface area (Å²) in [6.07, 6.45) is 4.52. The van der Waals surface area contributed by atoms with E-state index in [1.54, 1.807) is 6.92 Å². The second-order valence-corrected chi connectivity index (χ2v) is 4.05. The molecule has 2 heterocycles. The fourth-order valence-corrected chi connectivity index (χ4v) is 1.99. The molecule has 0 spiro atoms. The molecule has 0 saturated carbocycles. The highest BCUT2D eigenvalue weighted by Gasteiger charge is 2.29. The Balaban J connectivity index is 1.85. The number of nitrogens with zero attached hydrogens (tertiary/aromatic N) is 1. The van der Waals surface area contributed by atoms with E-state index in [2.05, 4.69) is 0 Å². The van der Waals surface area contributed by atoms with Crippen molar-refractivity contribution in [3.8, 4) is 0 Å².